The largest absolute Gasteiger partial charge is 0.508 e. The van der Waals surface area contributed by atoms with Crippen LogP contribution in [-0.4, -0.2) is 16.5 Å². The van der Waals surface area contributed by atoms with Gasteiger partial charge in [0.15, 0.2) is 6.29 Å². The molecule has 0 radical (unpaired) electrons. The van der Waals surface area contributed by atoms with E-state index >= 15 is 0 Å². The highest BCUT2D eigenvalue weighted by atomic mass is 16.6. The van der Waals surface area contributed by atoms with Crippen molar-refractivity contribution in [2.45, 2.75) is 38.9 Å². The third-order valence-electron chi connectivity index (χ3n) is 3.79. The molecule has 21 heavy (non-hydrogen) atoms. The molecular formula is C18H22O3. The molecule has 2 N–H and O–H groups in total. The van der Waals surface area contributed by atoms with Crippen LogP contribution in [-0.2, 0) is 5.41 Å². The van der Waals surface area contributed by atoms with E-state index in [0.717, 1.165) is 11.1 Å². The number of phenols is 1. The van der Waals surface area contributed by atoms with E-state index in [1.165, 1.54) is 0 Å². The van der Waals surface area contributed by atoms with Gasteiger partial charge in [0.1, 0.15) is 11.5 Å². The number of phenolic OH excluding ortho intramolecular Hbond substituents is 1. The van der Waals surface area contributed by atoms with Crippen LogP contribution in [0, 0.1) is 0 Å². The molecule has 1 unspecified atom stereocenters. The average molecular weight is 286 g/mol. The van der Waals surface area contributed by atoms with E-state index in [9.17, 15) is 10.2 Å². The number of aliphatic hydroxyl groups is 1. The van der Waals surface area contributed by atoms with Crippen LogP contribution in [0.25, 0.3) is 0 Å². The highest BCUT2D eigenvalue weighted by molar-refractivity contribution is 5.41. The zero-order valence-corrected chi connectivity index (χ0v) is 12.7. The fourth-order valence-electron chi connectivity index (χ4n) is 2.24. The predicted molar refractivity (Wildman–Crippen MR) is 83.6 cm³/mol. The Morgan fingerprint density at radius 2 is 1.43 bits per heavy atom. The molecule has 2 aromatic carbocycles. The summed E-state index contributed by atoms with van der Waals surface area (Å²) >= 11 is 0. The molecule has 0 aliphatic carbocycles. The molecule has 0 aromatic heterocycles. The molecule has 0 heterocycles. The Morgan fingerprint density at radius 3 is 1.90 bits per heavy atom. The highest BCUT2D eigenvalue weighted by Crippen LogP contribution is 2.33. The van der Waals surface area contributed by atoms with Crippen LogP contribution in [0.1, 0.15) is 38.3 Å². The molecule has 0 spiro atoms. The van der Waals surface area contributed by atoms with Crippen molar-refractivity contribution in [3.8, 4) is 11.5 Å². The second-order valence-electron chi connectivity index (χ2n) is 5.68. The molecule has 0 fully saturated rings. The number of benzene rings is 2. The SMILES string of the molecule is CCC(O)Oc1ccc(C(C)(C)c2ccc(O)cc2)cc1. The lowest BCUT2D eigenvalue weighted by Gasteiger charge is -2.26. The van der Waals surface area contributed by atoms with Gasteiger partial charge < -0.3 is 14.9 Å². The number of hydrogen-bond donors (Lipinski definition) is 2. The zero-order valence-electron chi connectivity index (χ0n) is 12.7. The van der Waals surface area contributed by atoms with Gasteiger partial charge in [0.2, 0.25) is 0 Å². The van der Waals surface area contributed by atoms with Crippen molar-refractivity contribution in [2.75, 3.05) is 0 Å². The maximum absolute atomic E-state index is 9.50. The standard InChI is InChI=1S/C18H22O3/c1-4-17(20)21-16-11-7-14(8-12-16)18(2,3)13-5-9-15(19)10-6-13/h5-12,17,19-20H,4H2,1-3H3. The van der Waals surface area contributed by atoms with Gasteiger partial charge in [0, 0.05) is 11.8 Å². The van der Waals surface area contributed by atoms with E-state index < -0.39 is 6.29 Å². The van der Waals surface area contributed by atoms with Crippen molar-refractivity contribution in [2.24, 2.45) is 0 Å². The molecule has 0 aliphatic rings. The molecule has 0 bridgehead atoms. The molecular weight excluding hydrogens is 264 g/mol. The van der Waals surface area contributed by atoms with E-state index in [1.54, 1.807) is 12.1 Å². The van der Waals surface area contributed by atoms with Crippen molar-refractivity contribution in [3.63, 3.8) is 0 Å². The van der Waals surface area contributed by atoms with E-state index in [2.05, 4.69) is 13.8 Å². The molecule has 1 atom stereocenters. The molecule has 0 amide bonds. The number of hydrogen-bond acceptors (Lipinski definition) is 3. The normalized spacial score (nSPS) is 13.0. The van der Waals surface area contributed by atoms with E-state index in [1.807, 2.05) is 43.3 Å². The van der Waals surface area contributed by atoms with Gasteiger partial charge in [-0.3, -0.25) is 0 Å². The maximum atomic E-state index is 9.50. The monoisotopic (exact) mass is 286 g/mol. The molecule has 0 saturated heterocycles. The third kappa shape index (κ3) is 3.56. The van der Waals surface area contributed by atoms with Gasteiger partial charge >= 0.3 is 0 Å². The quantitative estimate of drug-likeness (QED) is 0.821. The first-order chi connectivity index (χ1) is 9.93. The summed E-state index contributed by atoms with van der Waals surface area (Å²) in [7, 11) is 0. The first-order valence-corrected chi connectivity index (χ1v) is 7.18. The topological polar surface area (TPSA) is 49.7 Å². The molecule has 112 valence electrons. The Labute approximate surface area is 125 Å². The second kappa shape index (κ2) is 6.19. The Balaban J connectivity index is 2.22. The summed E-state index contributed by atoms with van der Waals surface area (Å²) in [6.45, 7) is 6.14. The Bertz CT molecular complexity index is 570. The summed E-state index contributed by atoms with van der Waals surface area (Å²) in [6.07, 6.45) is -0.207. The van der Waals surface area contributed by atoms with Crippen LogP contribution in [0.2, 0.25) is 0 Å². The van der Waals surface area contributed by atoms with Gasteiger partial charge in [-0.1, -0.05) is 45.0 Å². The van der Waals surface area contributed by atoms with Crippen LogP contribution < -0.4 is 4.74 Å². The lowest BCUT2D eigenvalue weighted by molar-refractivity contribution is -0.0191. The van der Waals surface area contributed by atoms with Gasteiger partial charge in [0.05, 0.1) is 0 Å². The van der Waals surface area contributed by atoms with E-state index in [4.69, 9.17) is 4.74 Å². The van der Waals surface area contributed by atoms with E-state index in [-0.39, 0.29) is 11.2 Å². The van der Waals surface area contributed by atoms with Gasteiger partial charge in [-0.15, -0.1) is 0 Å². The number of aromatic hydroxyl groups is 1. The molecule has 0 saturated carbocycles. The van der Waals surface area contributed by atoms with Crippen LogP contribution in [0.5, 0.6) is 11.5 Å². The maximum Gasteiger partial charge on any atom is 0.197 e. The molecule has 0 aliphatic heterocycles. The zero-order chi connectivity index (χ0) is 15.5. The van der Waals surface area contributed by atoms with Crippen LogP contribution in [0.15, 0.2) is 48.5 Å². The van der Waals surface area contributed by atoms with Gasteiger partial charge in [-0.25, -0.2) is 0 Å². The number of rotatable bonds is 5. The minimum Gasteiger partial charge on any atom is -0.508 e. The molecule has 2 rings (SSSR count). The summed E-state index contributed by atoms with van der Waals surface area (Å²) in [5.74, 6) is 0.932. The summed E-state index contributed by atoms with van der Waals surface area (Å²) in [4.78, 5) is 0. The summed E-state index contributed by atoms with van der Waals surface area (Å²) in [6, 6.07) is 15.0. The second-order valence-corrected chi connectivity index (χ2v) is 5.68. The Morgan fingerprint density at radius 1 is 0.952 bits per heavy atom. The smallest absolute Gasteiger partial charge is 0.197 e. The van der Waals surface area contributed by atoms with Crippen LogP contribution in [0.4, 0.5) is 0 Å². The van der Waals surface area contributed by atoms with Gasteiger partial charge in [-0.2, -0.15) is 0 Å². The lowest BCUT2D eigenvalue weighted by atomic mass is 9.78. The van der Waals surface area contributed by atoms with Crippen molar-refractivity contribution < 1.29 is 14.9 Å². The minimum absolute atomic E-state index is 0.171. The predicted octanol–water partition coefficient (Wildman–Crippen LogP) is 3.83. The third-order valence-corrected chi connectivity index (χ3v) is 3.79. The highest BCUT2D eigenvalue weighted by Gasteiger charge is 2.23. The van der Waals surface area contributed by atoms with Crippen molar-refractivity contribution in [1.29, 1.82) is 0 Å². The fraction of sp³-hybridized carbons (Fsp3) is 0.333. The number of ether oxygens (including phenoxy) is 1. The molecule has 3 nitrogen and oxygen atoms in total. The van der Waals surface area contributed by atoms with E-state index in [0.29, 0.717) is 12.2 Å². The molecule has 2 aromatic rings. The Kier molecular flexibility index (Phi) is 4.53. The van der Waals surface area contributed by atoms with Gasteiger partial charge in [-0.05, 0) is 35.4 Å². The van der Waals surface area contributed by atoms with Crippen LogP contribution in [0.3, 0.4) is 0 Å². The average Bonchev–Trinajstić information content (AvgIpc) is 2.48. The first kappa shape index (κ1) is 15.4. The molecule has 3 heteroatoms. The van der Waals surface area contributed by atoms with Crippen molar-refractivity contribution in [1.82, 2.24) is 0 Å². The fourth-order valence-corrected chi connectivity index (χ4v) is 2.24. The summed E-state index contributed by atoms with van der Waals surface area (Å²) < 4.78 is 5.38. The van der Waals surface area contributed by atoms with Crippen molar-refractivity contribution >= 4 is 0 Å². The number of aliphatic hydroxyl groups excluding tert-OH is 1. The minimum atomic E-state index is -0.763. The summed E-state index contributed by atoms with van der Waals surface area (Å²) in [5.41, 5.74) is 2.10. The van der Waals surface area contributed by atoms with Gasteiger partial charge in [0.25, 0.3) is 0 Å². The van der Waals surface area contributed by atoms with Crippen molar-refractivity contribution in [3.05, 3.63) is 59.7 Å². The Hall–Kier alpha value is -2.00. The summed E-state index contributed by atoms with van der Waals surface area (Å²) in [5, 5.41) is 18.9. The first-order valence-electron chi connectivity index (χ1n) is 7.18. The van der Waals surface area contributed by atoms with Crippen LogP contribution >= 0.6 is 0 Å². The lowest BCUT2D eigenvalue weighted by Crippen LogP contribution is -2.19.